The Morgan fingerprint density at radius 1 is 0.923 bits per heavy atom. The van der Waals surface area contributed by atoms with Crippen LogP contribution in [0.3, 0.4) is 0 Å². The topological polar surface area (TPSA) is 168 Å². The molecule has 5 aromatic rings. The SMILES string of the molecule is O=C(c1ccco1)N1CCN(c2nc(NCC(c3ccccc3)c3ccccc3)c3ncn(C4O[C@H](COC(=O)C(F)(F)F)C(O)C4O)c3n2)CC1. The summed E-state index contributed by atoms with van der Waals surface area (Å²) in [7, 11) is 0. The van der Waals surface area contributed by atoms with Gasteiger partial charge in [-0.1, -0.05) is 60.7 Å². The summed E-state index contributed by atoms with van der Waals surface area (Å²) < 4.78 is 54.9. The summed E-state index contributed by atoms with van der Waals surface area (Å²) in [5.41, 5.74) is 2.61. The van der Waals surface area contributed by atoms with Gasteiger partial charge in [-0.25, -0.2) is 9.78 Å². The summed E-state index contributed by atoms with van der Waals surface area (Å²) in [6, 6.07) is 23.1. The largest absolute Gasteiger partial charge is 0.490 e. The zero-order valence-electron chi connectivity index (χ0n) is 27.5. The van der Waals surface area contributed by atoms with Crippen LogP contribution in [-0.4, -0.2) is 110 Å². The van der Waals surface area contributed by atoms with E-state index in [0.29, 0.717) is 44.1 Å². The molecule has 3 N–H and O–H groups in total. The minimum absolute atomic E-state index is 0.0931. The van der Waals surface area contributed by atoms with Gasteiger partial charge in [-0.2, -0.15) is 23.1 Å². The number of halogens is 3. The fourth-order valence-electron chi connectivity index (χ4n) is 6.36. The molecule has 52 heavy (non-hydrogen) atoms. The highest BCUT2D eigenvalue weighted by molar-refractivity contribution is 5.91. The van der Waals surface area contributed by atoms with Crippen LogP contribution in [0.25, 0.3) is 11.2 Å². The van der Waals surface area contributed by atoms with Crippen molar-refractivity contribution in [2.75, 3.05) is 49.5 Å². The van der Waals surface area contributed by atoms with Crippen LogP contribution in [-0.2, 0) is 14.3 Å². The number of amides is 1. The molecule has 0 aliphatic carbocycles. The number of furan rings is 1. The molecule has 0 bridgehead atoms. The smallest absolute Gasteiger partial charge is 0.459 e. The number of benzene rings is 2. The summed E-state index contributed by atoms with van der Waals surface area (Å²) in [5, 5.41) is 25.1. The first-order chi connectivity index (χ1) is 25.1. The molecule has 0 spiro atoms. The van der Waals surface area contributed by atoms with Gasteiger partial charge in [0, 0.05) is 38.6 Å². The van der Waals surface area contributed by atoms with E-state index in [4.69, 9.17) is 19.1 Å². The van der Waals surface area contributed by atoms with Gasteiger partial charge in [0.2, 0.25) is 5.95 Å². The average molecular weight is 722 g/mol. The van der Waals surface area contributed by atoms with Crippen molar-refractivity contribution < 1.29 is 46.9 Å². The molecule has 2 aliphatic heterocycles. The van der Waals surface area contributed by atoms with Crippen molar-refractivity contribution in [2.24, 2.45) is 0 Å². The van der Waals surface area contributed by atoms with Crippen molar-refractivity contribution in [3.8, 4) is 0 Å². The van der Waals surface area contributed by atoms with Crippen LogP contribution in [0, 0.1) is 0 Å². The fraction of sp³-hybridized carbons (Fsp3) is 0.343. The molecule has 0 radical (unpaired) electrons. The predicted molar refractivity (Wildman–Crippen MR) is 178 cm³/mol. The molecule has 4 atom stereocenters. The molecular formula is C35H34F3N7O7. The maximum absolute atomic E-state index is 12.9. The molecule has 1 amide bonds. The number of carbonyl (C=O) groups excluding carboxylic acids is 2. The molecule has 2 fully saturated rings. The summed E-state index contributed by atoms with van der Waals surface area (Å²) >= 11 is 0. The van der Waals surface area contributed by atoms with Gasteiger partial charge in [0.1, 0.15) is 24.9 Å². The molecule has 3 aromatic heterocycles. The van der Waals surface area contributed by atoms with Crippen LogP contribution in [0.1, 0.15) is 33.8 Å². The second kappa shape index (κ2) is 14.6. The third-order valence-electron chi connectivity index (χ3n) is 9.09. The van der Waals surface area contributed by atoms with E-state index >= 15 is 0 Å². The van der Waals surface area contributed by atoms with E-state index in [-0.39, 0.29) is 29.2 Å². The number of rotatable bonds is 10. The van der Waals surface area contributed by atoms with Crippen molar-refractivity contribution in [1.29, 1.82) is 0 Å². The summed E-state index contributed by atoms with van der Waals surface area (Å²) in [4.78, 5) is 41.9. The Morgan fingerprint density at radius 3 is 2.21 bits per heavy atom. The average Bonchev–Trinajstić information content (AvgIpc) is 3.91. The zero-order valence-corrected chi connectivity index (χ0v) is 27.5. The molecule has 17 heteroatoms. The Morgan fingerprint density at radius 2 is 1.60 bits per heavy atom. The Bertz CT molecular complexity index is 1950. The lowest BCUT2D eigenvalue weighted by molar-refractivity contribution is -0.203. The molecule has 5 heterocycles. The van der Waals surface area contributed by atoms with E-state index in [1.807, 2.05) is 65.6 Å². The third-order valence-corrected chi connectivity index (χ3v) is 9.09. The lowest BCUT2D eigenvalue weighted by Gasteiger charge is -2.34. The second-order valence-corrected chi connectivity index (χ2v) is 12.4. The van der Waals surface area contributed by atoms with Crippen molar-refractivity contribution in [3.63, 3.8) is 0 Å². The molecule has 3 unspecified atom stereocenters. The number of fused-ring (bicyclic) bond motifs is 1. The number of aromatic nitrogens is 4. The fourth-order valence-corrected chi connectivity index (χ4v) is 6.36. The van der Waals surface area contributed by atoms with Gasteiger partial charge in [-0.15, -0.1) is 0 Å². The molecule has 272 valence electrons. The van der Waals surface area contributed by atoms with Gasteiger partial charge < -0.3 is 39.2 Å². The molecule has 2 aliphatic rings. The van der Waals surface area contributed by atoms with E-state index in [0.717, 1.165) is 11.1 Å². The van der Waals surface area contributed by atoms with Gasteiger partial charge in [0.05, 0.1) is 12.6 Å². The minimum atomic E-state index is -5.24. The normalized spacial score (nSPS) is 20.8. The number of carbonyl (C=O) groups is 2. The van der Waals surface area contributed by atoms with Crippen molar-refractivity contribution in [1.82, 2.24) is 24.4 Å². The number of ether oxygens (including phenoxy) is 2. The van der Waals surface area contributed by atoms with Gasteiger partial charge in [-0.3, -0.25) is 9.36 Å². The maximum Gasteiger partial charge on any atom is 0.490 e. The van der Waals surface area contributed by atoms with Crippen LogP contribution in [0.15, 0.2) is 89.8 Å². The second-order valence-electron chi connectivity index (χ2n) is 12.4. The monoisotopic (exact) mass is 721 g/mol. The number of hydrogen-bond donors (Lipinski definition) is 3. The first-order valence-corrected chi connectivity index (χ1v) is 16.5. The standard InChI is InChI=1S/C35H34F3N7O7/c36-35(37,38)33(49)51-19-25-27(46)28(47)32(52-25)45-20-40-26-29(39-18-23(21-8-3-1-4-9-21)22-10-5-2-6-11-22)41-34(42-30(26)45)44-15-13-43(14-16-44)31(48)24-12-7-17-50-24/h1-12,17,20,23,25,27-28,32,46-47H,13-16,18-19H2,(H,39,41,42)/t25-,27?,28?,32?/m1/s1. The highest BCUT2D eigenvalue weighted by Crippen LogP contribution is 2.35. The molecule has 0 saturated carbocycles. The molecule has 7 rings (SSSR count). The quantitative estimate of drug-likeness (QED) is 0.180. The lowest BCUT2D eigenvalue weighted by atomic mass is 9.91. The number of alkyl halides is 3. The number of aliphatic hydroxyl groups excluding tert-OH is 2. The van der Waals surface area contributed by atoms with Crippen molar-refractivity contribution in [2.45, 2.75) is 36.6 Å². The number of anilines is 2. The first kappa shape index (κ1) is 34.9. The van der Waals surface area contributed by atoms with Crippen LogP contribution < -0.4 is 10.2 Å². The van der Waals surface area contributed by atoms with Crippen LogP contribution in [0.4, 0.5) is 24.9 Å². The van der Waals surface area contributed by atoms with Crippen LogP contribution in [0.5, 0.6) is 0 Å². The maximum atomic E-state index is 12.9. The number of esters is 1. The zero-order chi connectivity index (χ0) is 36.4. The van der Waals surface area contributed by atoms with E-state index in [2.05, 4.69) is 15.0 Å². The van der Waals surface area contributed by atoms with Gasteiger partial charge in [-0.05, 0) is 23.3 Å². The van der Waals surface area contributed by atoms with Crippen molar-refractivity contribution in [3.05, 3.63) is 102 Å². The van der Waals surface area contributed by atoms with Crippen LogP contribution in [0.2, 0.25) is 0 Å². The van der Waals surface area contributed by atoms with E-state index < -0.39 is 43.3 Å². The van der Waals surface area contributed by atoms with Crippen LogP contribution >= 0.6 is 0 Å². The van der Waals surface area contributed by atoms with E-state index in [1.54, 1.807) is 17.0 Å². The van der Waals surface area contributed by atoms with E-state index in [1.165, 1.54) is 17.2 Å². The van der Waals surface area contributed by atoms with Gasteiger partial charge in [0.15, 0.2) is 29.0 Å². The number of nitrogens with zero attached hydrogens (tertiary/aromatic N) is 6. The minimum Gasteiger partial charge on any atom is -0.459 e. The number of hydrogen-bond acceptors (Lipinski definition) is 12. The number of nitrogens with one attached hydrogen (secondary N) is 1. The van der Waals surface area contributed by atoms with Gasteiger partial charge >= 0.3 is 12.1 Å². The Balaban J connectivity index is 1.19. The number of imidazole rings is 1. The highest BCUT2D eigenvalue weighted by atomic mass is 19.4. The molecule has 2 aromatic carbocycles. The Kier molecular flexibility index (Phi) is 9.81. The van der Waals surface area contributed by atoms with Crippen molar-refractivity contribution >= 4 is 34.8 Å². The Labute approximate surface area is 294 Å². The predicted octanol–water partition coefficient (Wildman–Crippen LogP) is 3.35. The molecule has 14 nitrogen and oxygen atoms in total. The first-order valence-electron chi connectivity index (χ1n) is 16.5. The molecule has 2 saturated heterocycles. The highest BCUT2D eigenvalue weighted by Gasteiger charge is 2.47. The lowest BCUT2D eigenvalue weighted by Crippen LogP contribution is -2.49. The summed E-state index contributed by atoms with van der Waals surface area (Å²) in [6.45, 7) is 0.885. The third kappa shape index (κ3) is 7.15. The van der Waals surface area contributed by atoms with E-state index in [9.17, 15) is 33.0 Å². The summed E-state index contributed by atoms with van der Waals surface area (Å²) in [6.07, 6.45) is -8.64. The number of piperazine rings is 1. The number of aliphatic hydroxyl groups is 2. The summed E-state index contributed by atoms with van der Waals surface area (Å²) in [5.74, 6) is -1.91. The molecular weight excluding hydrogens is 687 g/mol. The Hall–Kier alpha value is -5.52. The van der Waals surface area contributed by atoms with Gasteiger partial charge in [0.25, 0.3) is 5.91 Å².